The average Bonchev–Trinajstić information content (AvgIpc) is 3.03. The van der Waals surface area contributed by atoms with E-state index >= 15 is 0 Å². The molecule has 1 saturated heterocycles. The van der Waals surface area contributed by atoms with Gasteiger partial charge < -0.3 is 9.64 Å². The molecule has 0 bridgehead atoms. The van der Waals surface area contributed by atoms with Gasteiger partial charge in [0.1, 0.15) is 0 Å². The van der Waals surface area contributed by atoms with Gasteiger partial charge in [-0.3, -0.25) is 4.79 Å². The SMILES string of the molecule is Cc1cc(C)nc(N2CCCC2Cn2nc3c(cc2=O)COCC3)n1. The van der Waals surface area contributed by atoms with Crippen LogP contribution < -0.4 is 10.5 Å². The summed E-state index contributed by atoms with van der Waals surface area (Å²) in [5, 5.41) is 4.60. The van der Waals surface area contributed by atoms with Crippen molar-refractivity contribution >= 4 is 5.95 Å². The fourth-order valence-electron chi connectivity index (χ4n) is 3.71. The number of aromatic nitrogens is 4. The van der Waals surface area contributed by atoms with Crippen LogP contribution in [0.5, 0.6) is 0 Å². The van der Waals surface area contributed by atoms with Crippen molar-refractivity contribution in [1.82, 2.24) is 19.7 Å². The molecule has 25 heavy (non-hydrogen) atoms. The second-order valence-corrected chi connectivity index (χ2v) is 6.88. The van der Waals surface area contributed by atoms with E-state index in [4.69, 9.17) is 4.74 Å². The van der Waals surface area contributed by atoms with Gasteiger partial charge in [-0.1, -0.05) is 0 Å². The van der Waals surface area contributed by atoms with Gasteiger partial charge >= 0.3 is 0 Å². The van der Waals surface area contributed by atoms with Gasteiger partial charge in [-0.2, -0.15) is 5.10 Å². The third-order valence-corrected chi connectivity index (χ3v) is 4.89. The first-order chi connectivity index (χ1) is 12.1. The summed E-state index contributed by atoms with van der Waals surface area (Å²) in [6, 6.07) is 3.85. The highest BCUT2D eigenvalue weighted by atomic mass is 16.5. The van der Waals surface area contributed by atoms with Crippen molar-refractivity contribution in [3.63, 3.8) is 0 Å². The Morgan fingerprint density at radius 1 is 1.24 bits per heavy atom. The van der Waals surface area contributed by atoms with Gasteiger partial charge in [0.2, 0.25) is 5.95 Å². The lowest BCUT2D eigenvalue weighted by Crippen LogP contribution is -2.39. The Balaban J connectivity index is 1.60. The smallest absolute Gasteiger partial charge is 0.267 e. The average molecular weight is 341 g/mol. The second kappa shape index (κ2) is 6.55. The van der Waals surface area contributed by atoms with E-state index in [0.717, 1.165) is 54.4 Å². The fraction of sp³-hybridized carbons (Fsp3) is 0.556. The molecule has 0 radical (unpaired) electrons. The predicted octanol–water partition coefficient (Wildman–Crippen LogP) is 1.39. The molecule has 2 aromatic rings. The predicted molar refractivity (Wildman–Crippen MR) is 93.7 cm³/mol. The summed E-state index contributed by atoms with van der Waals surface area (Å²) in [7, 11) is 0. The van der Waals surface area contributed by atoms with Crippen molar-refractivity contribution < 1.29 is 4.74 Å². The summed E-state index contributed by atoms with van der Waals surface area (Å²) in [5.41, 5.74) is 3.79. The number of rotatable bonds is 3. The summed E-state index contributed by atoms with van der Waals surface area (Å²) in [5.74, 6) is 0.763. The molecule has 2 aliphatic heterocycles. The van der Waals surface area contributed by atoms with E-state index in [1.807, 2.05) is 19.9 Å². The topological polar surface area (TPSA) is 73.1 Å². The van der Waals surface area contributed by atoms with E-state index in [1.165, 1.54) is 0 Å². The Hall–Kier alpha value is -2.28. The van der Waals surface area contributed by atoms with E-state index in [2.05, 4.69) is 20.0 Å². The first-order valence-electron chi connectivity index (χ1n) is 8.87. The molecule has 132 valence electrons. The highest BCUT2D eigenvalue weighted by molar-refractivity contribution is 5.35. The van der Waals surface area contributed by atoms with E-state index in [1.54, 1.807) is 10.7 Å². The summed E-state index contributed by atoms with van der Waals surface area (Å²) in [4.78, 5) is 23.8. The third kappa shape index (κ3) is 3.28. The number of nitrogens with zero attached hydrogens (tertiary/aromatic N) is 5. The molecule has 1 unspecified atom stereocenters. The van der Waals surface area contributed by atoms with Crippen molar-refractivity contribution in [2.75, 3.05) is 18.1 Å². The Morgan fingerprint density at radius 3 is 2.84 bits per heavy atom. The number of anilines is 1. The molecular formula is C18H23N5O2. The van der Waals surface area contributed by atoms with E-state index in [-0.39, 0.29) is 11.6 Å². The molecule has 4 heterocycles. The van der Waals surface area contributed by atoms with Crippen LogP contribution in [0.25, 0.3) is 0 Å². The molecule has 7 heteroatoms. The van der Waals surface area contributed by atoms with Crippen LogP contribution in [0, 0.1) is 13.8 Å². The van der Waals surface area contributed by atoms with E-state index in [9.17, 15) is 4.79 Å². The molecule has 7 nitrogen and oxygen atoms in total. The van der Waals surface area contributed by atoms with Crippen LogP contribution in [0.3, 0.4) is 0 Å². The maximum atomic E-state index is 12.4. The minimum Gasteiger partial charge on any atom is -0.376 e. The Kier molecular flexibility index (Phi) is 4.25. The molecular weight excluding hydrogens is 318 g/mol. The first kappa shape index (κ1) is 16.2. The van der Waals surface area contributed by atoms with Crippen molar-refractivity contribution in [3.05, 3.63) is 45.1 Å². The monoisotopic (exact) mass is 341 g/mol. The van der Waals surface area contributed by atoms with Crippen LogP contribution in [0.4, 0.5) is 5.95 Å². The molecule has 2 aliphatic rings. The number of hydrogen-bond donors (Lipinski definition) is 0. The number of hydrogen-bond acceptors (Lipinski definition) is 6. The van der Waals surface area contributed by atoms with Crippen molar-refractivity contribution in [2.24, 2.45) is 0 Å². The summed E-state index contributed by atoms with van der Waals surface area (Å²) in [6.07, 6.45) is 2.86. The zero-order valence-electron chi connectivity index (χ0n) is 14.7. The lowest BCUT2D eigenvalue weighted by molar-refractivity contribution is 0.108. The molecule has 0 spiro atoms. The molecule has 1 atom stereocenters. The Labute approximate surface area is 146 Å². The lowest BCUT2D eigenvalue weighted by Gasteiger charge is -2.26. The Morgan fingerprint density at radius 2 is 2.04 bits per heavy atom. The summed E-state index contributed by atoms with van der Waals surface area (Å²) < 4.78 is 7.02. The molecule has 0 aliphatic carbocycles. The third-order valence-electron chi connectivity index (χ3n) is 4.89. The second-order valence-electron chi connectivity index (χ2n) is 6.88. The highest BCUT2D eigenvalue weighted by Gasteiger charge is 2.28. The molecule has 4 rings (SSSR count). The van der Waals surface area contributed by atoms with E-state index < -0.39 is 0 Å². The molecule has 0 aromatic carbocycles. The fourth-order valence-corrected chi connectivity index (χ4v) is 3.71. The van der Waals surface area contributed by atoms with Crippen LogP contribution in [-0.2, 0) is 24.3 Å². The quantitative estimate of drug-likeness (QED) is 0.840. The van der Waals surface area contributed by atoms with Crippen LogP contribution in [0.1, 0.15) is 35.5 Å². The van der Waals surface area contributed by atoms with E-state index in [0.29, 0.717) is 19.8 Å². The zero-order valence-corrected chi connectivity index (χ0v) is 14.7. The van der Waals surface area contributed by atoms with Crippen molar-refractivity contribution in [1.29, 1.82) is 0 Å². The normalized spacial score (nSPS) is 19.9. The van der Waals surface area contributed by atoms with Gasteiger partial charge in [0.25, 0.3) is 5.56 Å². The van der Waals surface area contributed by atoms with Crippen molar-refractivity contribution in [3.8, 4) is 0 Å². The summed E-state index contributed by atoms with van der Waals surface area (Å²) in [6.45, 7) is 6.63. The summed E-state index contributed by atoms with van der Waals surface area (Å²) >= 11 is 0. The van der Waals surface area contributed by atoms with Crippen LogP contribution in [-0.4, -0.2) is 38.9 Å². The van der Waals surface area contributed by atoms with Crippen LogP contribution in [0.15, 0.2) is 16.9 Å². The maximum Gasteiger partial charge on any atom is 0.267 e. The number of ether oxygens (including phenoxy) is 1. The highest BCUT2D eigenvalue weighted by Crippen LogP contribution is 2.24. The molecule has 0 N–H and O–H groups in total. The zero-order chi connectivity index (χ0) is 17.4. The molecule has 0 amide bonds. The lowest BCUT2D eigenvalue weighted by atomic mass is 10.1. The Bertz CT molecular complexity index is 828. The van der Waals surface area contributed by atoms with Gasteiger partial charge in [-0.25, -0.2) is 14.6 Å². The maximum absolute atomic E-state index is 12.4. The van der Waals surface area contributed by atoms with Gasteiger partial charge in [0.05, 0.1) is 31.5 Å². The largest absolute Gasteiger partial charge is 0.376 e. The molecule has 1 fully saturated rings. The minimum absolute atomic E-state index is 0.0579. The van der Waals surface area contributed by atoms with Gasteiger partial charge in [-0.15, -0.1) is 0 Å². The molecule has 2 aromatic heterocycles. The van der Waals surface area contributed by atoms with Gasteiger partial charge in [0.15, 0.2) is 0 Å². The van der Waals surface area contributed by atoms with Gasteiger partial charge in [0, 0.05) is 36.0 Å². The molecule has 0 saturated carbocycles. The number of aryl methyl sites for hydroxylation is 2. The van der Waals surface area contributed by atoms with Gasteiger partial charge in [-0.05, 0) is 32.8 Å². The van der Waals surface area contributed by atoms with Crippen LogP contribution in [0.2, 0.25) is 0 Å². The number of fused-ring (bicyclic) bond motifs is 1. The van der Waals surface area contributed by atoms with Crippen molar-refractivity contribution in [2.45, 2.75) is 52.3 Å². The van der Waals surface area contributed by atoms with Crippen LogP contribution >= 0.6 is 0 Å². The standard InChI is InChI=1S/C18H23N5O2/c1-12-8-13(2)20-18(19-12)22-6-3-4-15(22)10-23-17(24)9-14-11-25-7-5-16(14)21-23/h8-9,15H,3-7,10-11H2,1-2H3. The first-order valence-corrected chi connectivity index (χ1v) is 8.87. The minimum atomic E-state index is -0.0579.